The zero-order valence-corrected chi connectivity index (χ0v) is 12.0. The number of nitrogens with zero attached hydrogens (tertiary/aromatic N) is 2. The number of anilines is 1. The van der Waals surface area contributed by atoms with Gasteiger partial charge < -0.3 is 5.32 Å². The highest BCUT2D eigenvalue weighted by atomic mass is 19.4. The van der Waals surface area contributed by atoms with Crippen LogP contribution < -0.4 is 5.32 Å². The van der Waals surface area contributed by atoms with E-state index in [1.165, 1.54) is 12.1 Å². The summed E-state index contributed by atoms with van der Waals surface area (Å²) in [6.45, 7) is 5.93. The van der Waals surface area contributed by atoms with E-state index in [9.17, 15) is 13.2 Å². The van der Waals surface area contributed by atoms with Gasteiger partial charge in [-0.3, -0.25) is 0 Å². The van der Waals surface area contributed by atoms with Crippen LogP contribution in [-0.4, -0.2) is 16.5 Å². The molecule has 0 amide bonds. The van der Waals surface area contributed by atoms with Crippen LogP contribution in [0, 0.1) is 13.8 Å². The summed E-state index contributed by atoms with van der Waals surface area (Å²) in [4.78, 5) is 8.63. The number of alkyl halides is 3. The second kappa shape index (κ2) is 5.71. The average Bonchev–Trinajstić information content (AvgIpc) is 2.42. The van der Waals surface area contributed by atoms with Crippen LogP contribution >= 0.6 is 0 Å². The van der Waals surface area contributed by atoms with Gasteiger partial charge in [-0.25, -0.2) is 9.97 Å². The molecule has 0 saturated carbocycles. The summed E-state index contributed by atoms with van der Waals surface area (Å²) in [5.74, 6) is 0.373. The molecule has 0 radical (unpaired) electrons. The first-order valence-corrected chi connectivity index (χ1v) is 6.60. The summed E-state index contributed by atoms with van der Waals surface area (Å²) in [5.41, 5.74) is 0.869. The van der Waals surface area contributed by atoms with Crippen molar-refractivity contribution in [3.8, 4) is 11.3 Å². The summed E-state index contributed by atoms with van der Waals surface area (Å²) in [6.07, 6.45) is -4.43. The maximum absolute atomic E-state index is 13.2. The van der Waals surface area contributed by atoms with Crippen LogP contribution in [0.2, 0.25) is 0 Å². The van der Waals surface area contributed by atoms with Crippen LogP contribution in [0.5, 0.6) is 0 Å². The Balaban J connectivity index is 2.70. The fraction of sp³-hybridized carbons (Fsp3) is 0.333. The Labute approximate surface area is 121 Å². The van der Waals surface area contributed by atoms with Crippen molar-refractivity contribution in [3.63, 3.8) is 0 Å². The minimum atomic E-state index is -4.43. The SMILES string of the molecule is CCNc1nc(C)c(C)nc1-c1ccccc1C(F)(F)F. The lowest BCUT2D eigenvalue weighted by molar-refractivity contribution is -0.137. The Morgan fingerprint density at radius 1 is 1.05 bits per heavy atom. The van der Waals surface area contributed by atoms with Crippen LogP contribution in [0.1, 0.15) is 23.9 Å². The summed E-state index contributed by atoms with van der Waals surface area (Å²) in [7, 11) is 0. The predicted octanol–water partition coefficient (Wildman–Crippen LogP) is 4.21. The van der Waals surface area contributed by atoms with Gasteiger partial charge in [-0.2, -0.15) is 13.2 Å². The average molecular weight is 295 g/mol. The lowest BCUT2D eigenvalue weighted by atomic mass is 10.0. The van der Waals surface area contributed by atoms with Gasteiger partial charge in [0.1, 0.15) is 5.69 Å². The number of aryl methyl sites for hydroxylation is 2. The number of aromatic nitrogens is 2. The molecule has 0 fully saturated rings. The first-order chi connectivity index (χ1) is 9.84. The second-order valence-corrected chi connectivity index (χ2v) is 4.67. The Bertz CT molecular complexity index is 651. The highest BCUT2D eigenvalue weighted by Gasteiger charge is 2.34. The van der Waals surface area contributed by atoms with E-state index in [1.807, 2.05) is 6.92 Å². The summed E-state index contributed by atoms with van der Waals surface area (Å²) in [5, 5.41) is 2.98. The molecular weight excluding hydrogens is 279 g/mol. The predicted molar refractivity (Wildman–Crippen MR) is 76.1 cm³/mol. The molecule has 0 bridgehead atoms. The van der Waals surface area contributed by atoms with Gasteiger partial charge in [0.25, 0.3) is 0 Å². The Morgan fingerprint density at radius 3 is 2.29 bits per heavy atom. The first kappa shape index (κ1) is 15.3. The van der Waals surface area contributed by atoms with Gasteiger partial charge in [-0.15, -0.1) is 0 Å². The lowest BCUT2D eigenvalue weighted by Gasteiger charge is -2.16. The maximum Gasteiger partial charge on any atom is 0.417 e. The van der Waals surface area contributed by atoms with Crippen LogP contribution in [0.15, 0.2) is 24.3 Å². The molecule has 2 aromatic rings. The van der Waals surface area contributed by atoms with E-state index >= 15 is 0 Å². The van der Waals surface area contributed by atoms with Crippen molar-refractivity contribution in [1.29, 1.82) is 0 Å². The van der Waals surface area contributed by atoms with Crippen molar-refractivity contribution >= 4 is 5.82 Å². The molecule has 112 valence electrons. The lowest BCUT2D eigenvalue weighted by Crippen LogP contribution is -2.11. The largest absolute Gasteiger partial charge is 0.417 e. The number of rotatable bonds is 3. The minimum Gasteiger partial charge on any atom is -0.369 e. The molecular formula is C15H16F3N3. The first-order valence-electron chi connectivity index (χ1n) is 6.60. The van der Waals surface area contributed by atoms with Gasteiger partial charge in [-0.05, 0) is 26.8 Å². The molecule has 2 rings (SSSR count). The van der Waals surface area contributed by atoms with Gasteiger partial charge in [0.15, 0.2) is 5.82 Å². The molecule has 1 N–H and O–H groups in total. The molecule has 0 saturated heterocycles. The quantitative estimate of drug-likeness (QED) is 0.921. The van der Waals surface area contributed by atoms with Gasteiger partial charge in [0.2, 0.25) is 0 Å². The topological polar surface area (TPSA) is 37.8 Å². The third kappa shape index (κ3) is 3.15. The van der Waals surface area contributed by atoms with Crippen molar-refractivity contribution in [2.24, 2.45) is 0 Å². The van der Waals surface area contributed by atoms with Gasteiger partial charge in [0.05, 0.1) is 17.0 Å². The molecule has 1 heterocycles. The van der Waals surface area contributed by atoms with E-state index in [0.717, 1.165) is 6.07 Å². The van der Waals surface area contributed by atoms with Crippen molar-refractivity contribution in [1.82, 2.24) is 9.97 Å². The molecule has 1 aromatic heterocycles. The van der Waals surface area contributed by atoms with Crippen molar-refractivity contribution < 1.29 is 13.2 Å². The molecule has 1 aromatic carbocycles. The monoisotopic (exact) mass is 295 g/mol. The number of hydrogen-bond acceptors (Lipinski definition) is 3. The summed E-state index contributed by atoms with van der Waals surface area (Å²) >= 11 is 0. The van der Waals surface area contributed by atoms with Crippen molar-refractivity contribution in [2.75, 3.05) is 11.9 Å². The van der Waals surface area contributed by atoms with Gasteiger partial charge >= 0.3 is 6.18 Å². The molecule has 0 aliphatic heterocycles. The van der Waals surface area contributed by atoms with E-state index in [2.05, 4.69) is 15.3 Å². The van der Waals surface area contributed by atoms with E-state index in [4.69, 9.17) is 0 Å². The smallest absolute Gasteiger partial charge is 0.369 e. The maximum atomic E-state index is 13.2. The summed E-state index contributed by atoms with van der Waals surface area (Å²) < 4.78 is 39.5. The number of benzene rings is 1. The van der Waals surface area contributed by atoms with Crippen LogP contribution in [-0.2, 0) is 6.18 Å². The van der Waals surface area contributed by atoms with E-state index in [0.29, 0.717) is 23.8 Å². The van der Waals surface area contributed by atoms with Gasteiger partial charge in [-0.1, -0.05) is 18.2 Å². The highest BCUT2D eigenvalue weighted by Crippen LogP contribution is 2.38. The molecule has 0 spiro atoms. The third-order valence-corrected chi connectivity index (χ3v) is 3.14. The summed E-state index contributed by atoms with van der Waals surface area (Å²) in [6, 6.07) is 5.41. The minimum absolute atomic E-state index is 0.0385. The van der Waals surface area contributed by atoms with Crippen LogP contribution in [0.25, 0.3) is 11.3 Å². The highest BCUT2D eigenvalue weighted by molar-refractivity contribution is 5.74. The number of hydrogen-bond donors (Lipinski definition) is 1. The van der Waals surface area contributed by atoms with Gasteiger partial charge in [0, 0.05) is 12.1 Å². The van der Waals surface area contributed by atoms with Crippen molar-refractivity contribution in [2.45, 2.75) is 26.9 Å². The number of halogens is 3. The van der Waals surface area contributed by atoms with Crippen molar-refractivity contribution in [3.05, 3.63) is 41.2 Å². The standard InChI is InChI=1S/C15H16F3N3/c1-4-19-14-13(20-9(2)10(3)21-14)11-7-5-6-8-12(11)15(16,17)18/h5-8H,4H2,1-3H3,(H,19,21). The Morgan fingerprint density at radius 2 is 1.67 bits per heavy atom. The number of nitrogens with one attached hydrogen (secondary N) is 1. The zero-order chi connectivity index (χ0) is 15.6. The molecule has 3 nitrogen and oxygen atoms in total. The molecule has 0 aliphatic carbocycles. The third-order valence-electron chi connectivity index (χ3n) is 3.14. The molecule has 6 heteroatoms. The molecule has 0 aliphatic rings. The fourth-order valence-corrected chi connectivity index (χ4v) is 2.02. The van der Waals surface area contributed by atoms with E-state index < -0.39 is 11.7 Å². The molecule has 21 heavy (non-hydrogen) atoms. The Kier molecular flexibility index (Phi) is 4.16. The fourth-order valence-electron chi connectivity index (χ4n) is 2.02. The zero-order valence-electron chi connectivity index (χ0n) is 12.0. The second-order valence-electron chi connectivity index (χ2n) is 4.67. The van der Waals surface area contributed by atoms with E-state index in [1.54, 1.807) is 19.9 Å². The normalized spacial score (nSPS) is 11.5. The molecule has 0 atom stereocenters. The van der Waals surface area contributed by atoms with E-state index in [-0.39, 0.29) is 11.3 Å². The van der Waals surface area contributed by atoms with Crippen LogP contribution in [0.4, 0.5) is 19.0 Å². The van der Waals surface area contributed by atoms with Crippen LogP contribution in [0.3, 0.4) is 0 Å². The Hall–Kier alpha value is -2.11. The molecule has 0 unspecified atom stereocenters.